The SMILES string of the molecule is COCCc1noc(C2CC(F)(F)CN2)n1.Cl. The fraction of sp³-hybridized carbons (Fsp3) is 0.778. The van der Waals surface area contributed by atoms with Crippen molar-refractivity contribution in [3.05, 3.63) is 11.7 Å². The third-order valence-electron chi connectivity index (χ3n) is 2.42. The van der Waals surface area contributed by atoms with Crippen molar-refractivity contribution in [3.8, 4) is 0 Å². The molecule has 1 aliphatic heterocycles. The van der Waals surface area contributed by atoms with Gasteiger partial charge < -0.3 is 9.26 Å². The predicted octanol–water partition coefficient (Wildman–Crippen LogP) is 1.35. The first kappa shape index (κ1) is 14.3. The van der Waals surface area contributed by atoms with E-state index in [4.69, 9.17) is 9.26 Å². The smallest absolute Gasteiger partial charge is 0.262 e. The Morgan fingerprint density at radius 3 is 2.94 bits per heavy atom. The fourth-order valence-electron chi connectivity index (χ4n) is 1.59. The Morgan fingerprint density at radius 1 is 1.59 bits per heavy atom. The minimum atomic E-state index is -2.69. The summed E-state index contributed by atoms with van der Waals surface area (Å²) >= 11 is 0. The molecular formula is C9H14ClF2N3O2. The lowest BCUT2D eigenvalue weighted by Crippen LogP contribution is -2.19. The van der Waals surface area contributed by atoms with Gasteiger partial charge in [-0.15, -0.1) is 12.4 Å². The lowest BCUT2D eigenvalue weighted by molar-refractivity contribution is 0.0200. The normalized spacial score (nSPS) is 22.4. The van der Waals surface area contributed by atoms with E-state index in [0.717, 1.165) is 0 Å². The van der Waals surface area contributed by atoms with E-state index in [1.54, 1.807) is 7.11 Å². The molecule has 1 unspecified atom stereocenters. The van der Waals surface area contributed by atoms with Gasteiger partial charge in [0, 0.05) is 20.0 Å². The number of ether oxygens (including phenoxy) is 1. The molecule has 1 aromatic heterocycles. The van der Waals surface area contributed by atoms with E-state index in [-0.39, 0.29) is 31.3 Å². The second kappa shape index (κ2) is 5.70. The molecule has 1 saturated heterocycles. The molecule has 2 rings (SSSR count). The van der Waals surface area contributed by atoms with Gasteiger partial charge in [-0.2, -0.15) is 4.98 Å². The van der Waals surface area contributed by atoms with Crippen LogP contribution in [-0.4, -0.2) is 36.3 Å². The fourth-order valence-corrected chi connectivity index (χ4v) is 1.59. The molecule has 8 heteroatoms. The van der Waals surface area contributed by atoms with Crippen molar-refractivity contribution in [2.75, 3.05) is 20.3 Å². The Hall–Kier alpha value is -0.790. The summed E-state index contributed by atoms with van der Waals surface area (Å²) in [6.07, 6.45) is 0.224. The maximum atomic E-state index is 12.9. The minimum Gasteiger partial charge on any atom is -0.384 e. The molecule has 1 atom stereocenters. The number of alkyl halides is 2. The zero-order valence-electron chi connectivity index (χ0n) is 9.28. The summed E-state index contributed by atoms with van der Waals surface area (Å²) in [6.45, 7) is 0.140. The van der Waals surface area contributed by atoms with Crippen molar-refractivity contribution in [2.45, 2.75) is 24.8 Å². The van der Waals surface area contributed by atoms with Crippen LogP contribution in [0.15, 0.2) is 4.52 Å². The largest absolute Gasteiger partial charge is 0.384 e. The number of halogens is 3. The van der Waals surface area contributed by atoms with E-state index >= 15 is 0 Å². The Labute approximate surface area is 103 Å². The molecular weight excluding hydrogens is 256 g/mol. The third kappa shape index (κ3) is 3.58. The highest BCUT2D eigenvalue weighted by Gasteiger charge is 2.42. The number of methoxy groups -OCH3 is 1. The molecule has 98 valence electrons. The van der Waals surface area contributed by atoms with Crippen molar-refractivity contribution in [3.63, 3.8) is 0 Å². The van der Waals surface area contributed by atoms with Crippen LogP contribution in [0.1, 0.15) is 24.2 Å². The van der Waals surface area contributed by atoms with Crippen LogP contribution < -0.4 is 5.32 Å². The summed E-state index contributed by atoms with van der Waals surface area (Å²) < 4.78 is 35.6. The highest BCUT2D eigenvalue weighted by atomic mass is 35.5. The van der Waals surface area contributed by atoms with E-state index in [1.165, 1.54) is 0 Å². The summed E-state index contributed by atoms with van der Waals surface area (Å²) in [4.78, 5) is 4.04. The van der Waals surface area contributed by atoms with E-state index in [9.17, 15) is 8.78 Å². The van der Waals surface area contributed by atoms with Gasteiger partial charge in [0.1, 0.15) is 0 Å². The Kier molecular flexibility index (Phi) is 4.79. The second-order valence-corrected chi connectivity index (χ2v) is 3.79. The highest BCUT2D eigenvalue weighted by molar-refractivity contribution is 5.85. The van der Waals surface area contributed by atoms with Crippen molar-refractivity contribution in [1.29, 1.82) is 0 Å². The Balaban J connectivity index is 0.00000144. The van der Waals surface area contributed by atoms with Crippen molar-refractivity contribution in [1.82, 2.24) is 15.5 Å². The monoisotopic (exact) mass is 269 g/mol. The van der Waals surface area contributed by atoms with E-state index in [2.05, 4.69) is 15.5 Å². The lowest BCUT2D eigenvalue weighted by atomic mass is 10.2. The number of nitrogens with zero attached hydrogens (tertiary/aromatic N) is 2. The highest BCUT2D eigenvalue weighted by Crippen LogP contribution is 2.32. The Morgan fingerprint density at radius 2 is 2.35 bits per heavy atom. The van der Waals surface area contributed by atoms with Crippen molar-refractivity contribution >= 4 is 12.4 Å². The number of aromatic nitrogens is 2. The molecule has 0 aliphatic carbocycles. The molecule has 0 radical (unpaired) electrons. The number of nitrogens with one attached hydrogen (secondary N) is 1. The first-order chi connectivity index (χ1) is 7.61. The molecule has 2 heterocycles. The van der Waals surface area contributed by atoms with Crippen molar-refractivity contribution < 1.29 is 18.0 Å². The molecule has 1 aromatic rings. The molecule has 5 nitrogen and oxygen atoms in total. The first-order valence-electron chi connectivity index (χ1n) is 5.03. The zero-order valence-corrected chi connectivity index (χ0v) is 10.1. The summed E-state index contributed by atoms with van der Waals surface area (Å²) in [7, 11) is 1.57. The molecule has 1 N–H and O–H groups in total. The molecule has 1 aliphatic rings. The summed E-state index contributed by atoms with van der Waals surface area (Å²) in [6, 6.07) is -0.543. The van der Waals surface area contributed by atoms with Gasteiger partial charge >= 0.3 is 0 Å². The molecule has 0 spiro atoms. The van der Waals surface area contributed by atoms with Crippen LogP contribution in [-0.2, 0) is 11.2 Å². The van der Waals surface area contributed by atoms with Gasteiger partial charge in [-0.3, -0.25) is 5.32 Å². The number of rotatable bonds is 4. The van der Waals surface area contributed by atoms with Crippen LogP contribution >= 0.6 is 12.4 Å². The first-order valence-corrected chi connectivity index (χ1v) is 5.03. The predicted molar refractivity (Wildman–Crippen MR) is 57.4 cm³/mol. The van der Waals surface area contributed by atoms with Crippen molar-refractivity contribution in [2.24, 2.45) is 0 Å². The topological polar surface area (TPSA) is 60.2 Å². The average molecular weight is 270 g/mol. The van der Waals surface area contributed by atoms with Gasteiger partial charge in [-0.25, -0.2) is 8.78 Å². The van der Waals surface area contributed by atoms with Crippen LogP contribution in [0.25, 0.3) is 0 Å². The molecule has 0 bridgehead atoms. The van der Waals surface area contributed by atoms with E-state index in [1.807, 2.05) is 0 Å². The molecule has 0 amide bonds. The number of hydrogen-bond donors (Lipinski definition) is 1. The van der Waals surface area contributed by atoms with Crippen LogP contribution in [0.5, 0.6) is 0 Å². The van der Waals surface area contributed by atoms with Crippen LogP contribution in [0.3, 0.4) is 0 Å². The summed E-state index contributed by atoms with van der Waals surface area (Å²) in [5.41, 5.74) is 0. The maximum absolute atomic E-state index is 12.9. The molecule has 17 heavy (non-hydrogen) atoms. The number of hydrogen-bond acceptors (Lipinski definition) is 5. The molecule has 0 saturated carbocycles. The van der Waals surface area contributed by atoms with Gasteiger partial charge in [0.2, 0.25) is 5.89 Å². The van der Waals surface area contributed by atoms with Crippen LogP contribution in [0.4, 0.5) is 8.78 Å². The van der Waals surface area contributed by atoms with Gasteiger partial charge in [0.05, 0.1) is 19.2 Å². The third-order valence-corrected chi connectivity index (χ3v) is 2.42. The van der Waals surface area contributed by atoms with E-state index < -0.39 is 12.0 Å². The second-order valence-electron chi connectivity index (χ2n) is 3.79. The quantitative estimate of drug-likeness (QED) is 0.894. The molecule has 1 fully saturated rings. The zero-order chi connectivity index (χ0) is 11.6. The average Bonchev–Trinajstić information content (AvgIpc) is 2.81. The lowest BCUT2D eigenvalue weighted by Gasteiger charge is -2.04. The Bertz CT molecular complexity index is 362. The summed E-state index contributed by atoms with van der Waals surface area (Å²) in [5, 5.41) is 6.35. The van der Waals surface area contributed by atoms with Gasteiger partial charge in [0.15, 0.2) is 5.82 Å². The van der Waals surface area contributed by atoms with E-state index in [0.29, 0.717) is 18.9 Å². The standard InChI is InChI=1S/C9H13F2N3O2.ClH/c1-15-3-2-7-13-8(16-14-7)6-4-9(10,11)5-12-6;/h6,12H,2-5H2,1H3;1H. The summed E-state index contributed by atoms with van der Waals surface area (Å²) in [5.74, 6) is -1.98. The maximum Gasteiger partial charge on any atom is 0.262 e. The minimum absolute atomic E-state index is 0. The van der Waals surface area contributed by atoms with Gasteiger partial charge in [0.25, 0.3) is 5.92 Å². The van der Waals surface area contributed by atoms with Crippen LogP contribution in [0.2, 0.25) is 0 Å². The molecule has 0 aromatic carbocycles. The van der Waals surface area contributed by atoms with Gasteiger partial charge in [-0.05, 0) is 0 Å². The van der Waals surface area contributed by atoms with Gasteiger partial charge in [-0.1, -0.05) is 5.16 Å². The van der Waals surface area contributed by atoms with Crippen LogP contribution in [0, 0.1) is 0 Å².